The highest BCUT2D eigenvalue weighted by atomic mass is 16.2. The molecule has 2 amide bonds. The van der Waals surface area contributed by atoms with E-state index < -0.39 is 0 Å². The monoisotopic (exact) mass is 316 g/mol. The lowest BCUT2D eigenvalue weighted by Crippen LogP contribution is -2.41. The average molecular weight is 316 g/mol. The molecular formula is C20H32N2O. The van der Waals surface area contributed by atoms with Crippen LogP contribution in [0.3, 0.4) is 0 Å². The van der Waals surface area contributed by atoms with Crippen LogP contribution >= 0.6 is 0 Å². The second-order valence-corrected chi connectivity index (χ2v) is 6.77. The lowest BCUT2D eigenvalue weighted by Gasteiger charge is -2.20. The van der Waals surface area contributed by atoms with E-state index in [2.05, 4.69) is 10.6 Å². The first-order chi connectivity index (χ1) is 11.3. The van der Waals surface area contributed by atoms with Crippen molar-refractivity contribution in [2.24, 2.45) is 0 Å². The Balaban J connectivity index is 1.72. The van der Waals surface area contributed by atoms with E-state index in [-0.39, 0.29) is 6.03 Å². The smallest absolute Gasteiger partial charge is 0.315 e. The standard InChI is InChI=1S/C20H32N2O/c23-20(21-17-18-13-9-8-10-14-18)22-19-15-11-6-4-2-1-3-5-7-12-16-19/h8-10,13-14,19H,1-7,11-12,15-17H2,(H2,21,22,23). The van der Waals surface area contributed by atoms with Crippen molar-refractivity contribution in [3.05, 3.63) is 35.9 Å². The normalized spacial score (nSPS) is 18.4. The third-order valence-corrected chi connectivity index (χ3v) is 4.74. The van der Waals surface area contributed by atoms with Gasteiger partial charge in [0.25, 0.3) is 0 Å². The van der Waals surface area contributed by atoms with E-state index in [1.807, 2.05) is 30.3 Å². The molecule has 1 saturated carbocycles. The number of hydrogen-bond donors (Lipinski definition) is 2. The lowest BCUT2D eigenvalue weighted by molar-refractivity contribution is 0.234. The second-order valence-electron chi connectivity index (χ2n) is 6.77. The molecule has 0 heterocycles. The van der Waals surface area contributed by atoms with E-state index in [1.165, 1.54) is 57.8 Å². The summed E-state index contributed by atoms with van der Waals surface area (Å²) in [5, 5.41) is 6.17. The van der Waals surface area contributed by atoms with Gasteiger partial charge in [-0.25, -0.2) is 4.79 Å². The first-order valence-electron chi connectivity index (χ1n) is 9.43. The minimum atomic E-state index is -0.0223. The van der Waals surface area contributed by atoms with E-state index in [4.69, 9.17) is 0 Å². The lowest BCUT2D eigenvalue weighted by atomic mass is 9.98. The molecule has 1 fully saturated rings. The Bertz CT molecular complexity index is 421. The maximum atomic E-state index is 12.1. The quantitative estimate of drug-likeness (QED) is 0.794. The predicted molar refractivity (Wildman–Crippen MR) is 96.4 cm³/mol. The van der Waals surface area contributed by atoms with Crippen molar-refractivity contribution in [1.82, 2.24) is 10.6 Å². The molecule has 0 saturated heterocycles. The molecule has 0 radical (unpaired) electrons. The van der Waals surface area contributed by atoms with Crippen LogP contribution in [0.4, 0.5) is 4.79 Å². The Morgan fingerprint density at radius 3 is 1.91 bits per heavy atom. The molecule has 3 nitrogen and oxygen atoms in total. The number of amides is 2. The number of benzene rings is 1. The van der Waals surface area contributed by atoms with Gasteiger partial charge < -0.3 is 10.6 Å². The van der Waals surface area contributed by atoms with Crippen LogP contribution in [0.5, 0.6) is 0 Å². The van der Waals surface area contributed by atoms with Crippen LogP contribution < -0.4 is 10.6 Å². The molecule has 0 spiro atoms. The molecule has 1 aromatic carbocycles. The van der Waals surface area contributed by atoms with Crippen LogP contribution in [0, 0.1) is 0 Å². The van der Waals surface area contributed by atoms with Crippen molar-refractivity contribution in [1.29, 1.82) is 0 Å². The summed E-state index contributed by atoms with van der Waals surface area (Å²) >= 11 is 0. The fraction of sp³-hybridized carbons (Fsp3) is 0.650. The minimum absolute atomic E-state index is 0.0223. The number of hydrogen-bond acceptors (Lipinski definition) is 1. The summed E-state index contributed by atoms with van der Waals surface area (Å²) in [4.78, 5) is 12.1. The molecule has 2 N–H and O–H groups in total. The van der Waals surface area contributed by atoms with Gasteiger partial charge in [0.2, 0.25) is 0 Å². The van der Waals surface area contributed by atoms with Gasteiger partial charge >= 0.3 is 6.03 Å². The highest BCUT2D eigenvalue weighted by Crippen LogP contribution is 2.16. The second kappa shape index (κ2) is 11.1. The van der Waals surface area contributed by atoms with E-state index in [0.717, 1.165) is 18.4 Å². The summed E-state index contributed by atoms with van der Waals surface area (Å²) < 4.78 is 0. The highest BCUT2D eigenvalue weighted by Gasteiger charge is 2.12. The van der Waals surface area contributed by atoms with Gasteiger partial charge in [-0.2, -0.15) is 0 Å². The predicted octanol–water partition coefficient (Wildman–Crippen LogP) is 5.16. The van der Waals surface area contributed by atoms with Crippen LogP contribution in [0.2, 0.25) is 0 Å². The largest absolute Gasteiger partial charge is 0.335 e. The Kier molecular flexibility index (Phi) is 8.60. The van der Waals surface area contributed by atoms with E-state index >= 15 is 0 Å². The first-order valence-corrected chi connectivity index (χ1v) is 9.43. The van der Waals surface area contributed by atoms with E-state index in [0.29, 0.717) is 12.6 Å². The summed E-state index contributed by atoms with van der Waals surface area (Å²) in [5.74, 6) is 0. The van der Waals surface area contributed by atoms with Crippen LogP contribution in [-0.4, -0.2) is 12.1 Å². The minimum Gasteiger partial charge on any atom is -0.335 e. The Hall–Kier alpha value is -1.51. The van der Waals surface area contributed by atoms with Gasteiger partial charge in [-0.05, 0) is 18.4 Å². The fourth-order valence-corrected chi connectivity index (χ4v) is 3.32. The van der Waals surface area contributed by atoms with E-state index in [1.54, 1.807) is 0 Å². The summed E-state index contributed by atoms with van der Waals surface area (Å²) in [6, 6.07) is 10.4. The van der Waals surface area contributed by atoms with Gasteiger partial charge in [0.15, 0.2) is 0 Å². The van der Waals surface area contributed by atoms with Crippen molar-refractivity contribution in [3.63, 3.8) is 0 Å². The number of urea groups is 1. The van der Waals surface area contributed by atoms with Gasteiger partial charge in [-0.15, -0.1) is 0 Å². The zero-order valence-corrected chi connectivity index (χ0v) is 14.4. The summed E-state index contributed by atoms with van der Waals surface area (Å²) in [5.41, 5.74) is 1.14. The molecule has 23 heavy (non-hydrogen) atoms. The number of nitrogens with one attached hydrogen (secondary N) is 2. The zero-order valence-electron chi connectivity index (χ0n) is 14.4. The Labute approximate surface area is 141 Å². The molecule has 0 aromatic heterocycles. The molecule has 2 rings (SSSR count). The van der Waals surface area contributed by atoms with Crippen molar-refractivity contribution in [2.45, 2.75) is 83.2 Å². The fourth-order valence-electron chi connectivity index (χ4n) is 3.32. The van der Waals surface area contributed by atoms with Crippen molar-refractivity contribution in [2.75, 3.05) is 0 Å². The van der Waals surface area contributed by atoms with Crippen molar-refractivity contribution < 1.29 is 4.79 Å². The van der Waals surface area contributed by atoms with Crippen LogP contribution in [0.1, 0.15) is 76.2 Å². The highest BCUT2D eigenvalue weighted by molar-refractivity contribution is 5.74. The number of carbonyl (C=O) groups is 1. The third-order valence-electron chi connectivity index (χ3n) is 4.74. The molecule has 1 aliphatic rings. The molecule has 0 unspecified atom stereocenters. The van der Waals surface area contributed by atoms with Gasteiger partial charge in [-0.3, -0.25) is 0 Å². The Morgan fingerprint density at radius 2 is 1.35 bits per heavy atom. The van der Waals surface area contributed by atoms with Gasteiger partial charge in [0, 0.05) is 12.6 Å². The van der Waals surface area contributed by atoms with Crippen molar-refractivity contribution in [3.8, 4) is 0 Å². The SMILES string of the molecule is O=C(NCc1ccccc1)NC1CCCCCCCCCCC1. The maximum absolute atomic E-state index is 12.1. The van der Waals surface area contributed by atoms with Gasteiger partial charge in [0.1, 0.15) is 0 Å². The van der Waals surface area contributed by atoms with Crippen LogP contribution in [0.15, 0.2) is 30.3 Å². The average Bonchev–Trinajstić information content (AvgIpc) is 2.56. The maximum Gasteiger partial charge on any atom is 0.315 e. The number of rotatable bonds is 3. The van der Waals surface area contributed by atoms with Crippen LogP contribution in [0.25, 0.3) is 0 Å². The van der Waals surface area contributed by atoms with Crippen molar-refractivity contribution >= 4 is 6.03 Å². The molecule has 1 aromatic rings. The Morgan fingerprint density at radius 1 is 0.826 bits per heavy atom. The summed E-state index contributed by atoms with van der Waals surface area (Å²) in [6.07, 6.45) is 14.2. The molecular weight excluding hydrogens is 284 g/mol. The third kappa shape index (κ3) is 8.06. The van der Waals surface area contributed by atoms with Gasteiger partial charge in [0.05, 0.1) is 0 Å². The number of carbonyl (C=O) groups excluding carboxylic acids is 1. The first kappa shape index (κ1) is 17.8. The topological polar surface area (TPSA) is 41.1 Å². The summed E-state index contributed by atoms with van der Waals surface area (Å²) in [7, 11) is 0. The zero-order chi connectivity index (χ0) is 16.2. The van der Waals surface area contributed by atoms with Crippen LogP contribution in [-0.2, 0) is 6.54 Å². The molecule has 3 heteroatoms. The molecule has 128 valence electrons. The molecule has 1 aliphatic carbocycles. The molecule has 0 atom stereocenters. The van der Waals surface area contributed by atoms with E-state index in [9.17, 15) is 4.79 Å². The molecule has 0 bridgehead atoms. The summed E-state index contributed by atoms with van der Waals surface area (Å²) in [6.45, 7) is 0.597. The van der Waals surface area contributed by atoms with Gasteiger partial charge in [-0.1, -0.05) is 88.1 Å². The molecule has 0 aliphatic heterocycles.